The zero-order valence-corrected chi connectivity index (χ0v) is 8.47. The molecule has 3 rings (SSSR count). The van der Waals surface area contributed by atoms with E-state index in [0.717, 1.165) is 6.54 Å². The molecule has 2 aliphatic rings. The fourth-order valence-corrected chi connectivity index (χ4v) is 2.56. The van der Waals surface area contributed by atoms with E-state index in [1.54, 1.807) is 0 Å². The van der Waals surface area contributed by atoms with E-state index < -0.39 is 0 Å². The molecule has 1 atom stereocenters. The van der Waals surface area contributed by atoms with Gasteiger partial charge < -0.3 is 10.3 Å². The van der Waals surface area contributed by atoms with Crippen molar-refractivity contribution in [1.29, 1.82) is 0 Å². The molecule has 1 aliphatic heterocycles. The monoisotopic (exact) mass is 191 g/mol. The van der Waals surface area contributed by atoms with Crippen LogP contribution >= 0.6 is 0 Å². The fourth-order valence-electron chi connectivity index (χ4n) is 2.56. The average molecular weight is 191 g/mol. The molecule has 0 bridgehead atoms. The summed E-state index contributed by atoms with van der Waals surface area (Å²) in [5.41, 5.74) is 2.74. The van der Waals surface area contributed by atoms with Gasteiger partial charge >= 0.3 is 0 Å². The number of rotatable bonds is 1. The van der Waals surface area contributed by atoms with Crippen molar-refractivity contribution >= 4 is 0 Å². The van der Waals surface area contributed by atoms with Crippen molar-refractivity contribution in [1.82, 2.24) is 15.3 Å². The lowest BCUT2D eigenvalue weighted by molar-refractivity contribution is 0.610. The van der Waals surface area contributed by atoms with Gasteiger partial charge in [0.2, 0.25) is 0 Å². The number of nitrogens with zero attached hydrogens (tertiary/aromatic N) is 1. The summed E-state index contributed by atoms with van der Waals surface area (Å²) in [5, 5.41) is 3.49. The number of hydrogen-bond acceptors (Lipinski definition) is 2. The Labute approximate surface area is 84.3 Å². The Morgan fingerprint density at radius 2 is 2.07 bits per heavy atom. The molecule has 0 spiro atoms. The number of fused-ring (bicyclic) bond motifs is 1. The highest BCUT2D eigenvalue weighted by Crippen LogP contribution is 2.25. The average Bonchev–Trinajstić information content (AvgIpc) is 2.86. The third kappa shape index (κ3) is 1.36. The van der Waals surface area contributed by atoms with Crippen molar-refractivity contribution in [3.63, 3.8) is 0 Å². The van der Waals surface area contributed by atoms with E-state index in [0.29, 0.717) is 6.04 Å². The van der Waals surface area contributed by atoms with Gasteiger partial charge in [-0.1, -0.05) is 0 Å². The van der Waals surface area contributed by atoms with Crippen LogP contribution in [0.15, 0.2) is 0 Å². The number of nitrogens with one attached hydrogen (secondary N) is 2. The molecule has 76 valence electrons. The van der Waals surface area contributed by atoms with Crippen molar-refractivity contribution < 1.29 is 0 Å². The highest BCUT2D eigenvalue weighted by atomic mass is 15.0. The molecule has 0 amide bonds. The normalized spacial score (nSPS) is 26.4. The number of aromatic amines is 1. The minimum absolute atomic E-state index is 0.501. The standard InChI is InChI=1S/C11H17N3/c1-2-5-9-8(4-1)13-11(14-9)10-6-3-7-12-10/h10,12H,1-7H2,(H,13,14)/t10-/m1/s1. The minimum atomic E-state index is 0.501. The number of H-pyrrole nitrogens is 1. The molecule has 2 N–H and O–H groups in total. The highest BCUT2D eigenvalue weighted by Gasteiger charge is 2.22. The predicted molar refractivity (Wildman–Crippen MR) is 55.2 cm³/mol. The third-order valence-electron chi connectivity index (χ3n) is 3.36. The first-order chi connectivity index (χ1) is 6.93. The van der Waals surface area contributed by atoms with Gasteiger partial charge in [0.1, 0.15) is 5.82 Å². The summed E-state index contributed by atoms with van der Waals surface area (Å²) in [6, 6.07) is 0.501. The van der Waals surface area contributed by atoms with Crippen LogP contribution in [0.2, 0.25) is 0 Å². The van der Waals surface area contributed by atoms with Gasteiger partial charge in [0.25, 0.3) is 0 Å². The quantitative estimate of drug-likeness (QED) is 0.709. The molecule has 1 saturated heterocycles. The summed E-state index contributed by atoms with van der Waals surface area (Å²) in [7, 11) is 0. The summed E-state index contributed by atoms with van der Waals surface area (Å²) in [4.78, 5) is 8.22. The lowest BCUT2D eigenvalue weighted by Crippen LogP contribution is -2.14. The molecule has 1 aromatic heterocycles. The first kappa shape index (κ1) is 8.48. The van der Waals surface area contributed by atoms with Crippen LogP contribution in [0.4, 0.5) is 0 Å². The van der Waals surface area contributed by atoms with Crippen molar-refractivity contribution in [2.24, 2.45) is 0 Å². The van der Waals surface area contributed by atoms with E-state index in [1.807, 2.05) is 0 Å². The van der Waals surface area contributed by atoms with Crippen LogP contribution in [0, 0.1) is 0 Å². The van der Waals surface area contributed by atoms with Crippen LogP contribution in [0.5, 0.6) is 0 Å². The molecule has 1 aromatic rings. The lowest BCUT2D eigenvalue weighted by atomic mass is 10.0. The maximum Gasteiger partial charge on any atom is 0.123 e. The van der Waals surface area contributed by atoms with Gasteiger partial charge in [-0.2, -0.15) is 0 Å². The summed E-state index contributed by atoms with van der Waals surface area (Å²) >= 11 is 0. The van der Waals surface area contributed by atoms with Crippen LogP contribution in [-0.2, 0) is 12.8 Å². The topological polar surface area (TPSA) is 40.7 Å². The van der Waals surface area contributed by atoms with Crippen LogP contribution in [0.3, 0.4) is 0 Å². The second kappa shape index (κ2) is 3.39. The molecule has 3 nitrogen and oxygen atoms in total. The van der Waals surface area contributed by atoms with Gasteiger partial charge in [0.15, 0.2) is 0 Å². The van der Waals surface area contributed by atoms with Crippen LogP contribution in [0.1, 0.15) is 48.9 Å². The van der Waals surface area contributed by atoms with E-state index in [-0.39, 0.29) is 0 Å². The SMILES string of the molecule is C1CCc2[nH]c([C@H]3CCCN3)nc2C1. The summed E-state index contributed by atoms with van der Waals surface area (Å²) in [6.45, 7) is 1.15. The number of aryl methyl sites for hydroxylation is 2. The lowest BCUT2D eigenvalue weighted by Gasteiger charge is -2.07. The predicted octanol–water partition coefficient (Wildman–Crippen LogP) is 1.71. The number of imidazole rings is 1. The zero-order valence-electron chi connectivity index (χ0n) is 8.47. The third-order valence-corrected chi connectivity index (χ3v) is 3.36. The molecule has 14 heavy (non-hydrogen) atoms. The second-order valence-corrected chi connectivity index (χ2v) is 4.40. The van der Waals surface area contributed by atoms with Crippen molar-refractivity contribution in [3.05, 3.63) is 17.2 Å². The maximum atomic E-state index is 4.71. The number of aromatic nitrogens is 2. The van der Waals surface area contributed by atoms with Crippen molar-refractivity contribution in [2.75, 3.05) is 6.54 Å². The highest BCUT2D eigenvalue weighted by molar-refractivity contribution is 5.19. The first-order valence-corrected chi connectivity index (χ1v) is 5.74. The van der Waals surface area contributed by atoms with Crippen LogP contribution < -0.4 is 5.32 Å². The Bertz CT molecular complexity index is 300. The molecule has 0 saturated carbocycles. The molecule has 0 unspecified atom stereocenters. The minimum Gasteiger partial charge on any atom is -0.344 e. The van der Waals surface area contributed by atoms with E-state index in [2.05, 4.69) is 10.3 Å². The summed E-state index contributed by atoms with van der Waals surface area (Å²) in [5.74, 6) is 1.19. The van der Waals surface area contributed by atoms with Crippen LogP contribution in [0.25, 0.3) is 0 Å². The fraction of sp³-hybridized carbons (Fsp3) is 0.727. The van der Waals surface area contributed by atoms with Gasteiger partial charge in [-0.25, -0.2) is 4.98 Å². The van der Waals surface area contributed by atoms with E-state index in [4.69, 9.17) is 4.98 Å². The molecule has 1 fully saturated rings. The Morgan fingerprint density at radius 1 is 1.14 bits per heavy atom. The van der Waals surface area contributed by atoms with Crippen LogP contribution in [-0.4, -0.2) is 16.5 Å². The first-order valence-electron chi connectivity index (χ1n) is 5.74. The Hall–Kier alpha value is -0.830. The number of hydrogen-bond donors (Lipinski definition) is 2. The van der Waals surface area contributed by atoms with Gasteiger partial charge in [-0.3, -0.25) is 0 Å². The van der Waals surface area contributed by atoms with Crippen molar-refractivity contribution in [2.45, 2.75) is 44.6 Å². The molecule has 0 aromatic carbocycles. The summed E-state index contributed by atoms with van der Waals surface area (Å²) in [6.07, 6.45) is 7.55. The van der Waals surface area contributed by atoms with Gasteiger partial charge in [0, 0.05) is 5.69 Å². The molecular weight excluding hydrogens is 174 g/mol. The second-order valence-electron chi connectivity index (χ2n) is 4.40. The van der Waals surface area contributed by atoms with E-state index >= 15 is 0 Å². The van der Waals surface area contributed by atoms with E-state index in [9.17, 15) is 0 Å². The Morgan fingerprint density at radius 3 is 2.86 bits per heavy atom. The Balaban J connectivity index is 1.87. The smallest absolute Gasteiger partial charge is 0.123 e. The van der Waals surface area contributed by atoms with Gasteiger partial charge in [-0.05, 0) is 45.1 Å². The molecule has 1 aliphatic carbocycles. The Kier molecular flexibility index (Phi) is 2.05. The summed E-state index contributed by atoms with van der Waals surface area (Å²) < 4.78 is 0. The maximum absolute atomic E-state index is 4.71. The molecular formula is C11H17N3. The van der Waals surface area contributed by atoms with Crippen molar-refractivity contribution in [3.8, 4) is 0 Å². The van der Waals surface area contributed by atoms with Gasteiger partial charge in [-0.15, -0.1) is 0 Å². The van der Waals surface area contributed by atoms with Gasteiger partial charge in [0.05, 0.1) is 11.7 Å². The molecule has 2 heterocycles. The molecule has 0 radical (unpaired) electrons. The zero-order chi connectivity index (χ0) is 9.38. The molecule has 3 heteroatoms. The van der Waals surface area contributed by atoms with E-state index in [1.165, 1.54) is 55.7 Å². The largest absolute Gasteiger partial charge is 0.344 e.